The summed E-state index contributed by atoms with van der Waals surface area (Å²) in [5.74, 6) is 1.76. The third-order valence-corrected chi connectivity index (χ3v) is 2.79. The van der Waals surface area contributed by atoms with Gasteiger partial charge >= 0.3 is 0 Å². The average molecular weight is 266 g/mol. The highest BCUT2D eigenvalue weighted by Gasteiger charge is 2.06. The Labute approximate surface area is 111 Å². The lowest BCUT2D eigenvalue weighted by Gasteiger charge is -2.14. The number of furan rings is 1. The molecular weight excluding hydrogens is 250 g/mol. The smallest absolute Gasteiger partial charge is 0.224 e. The first kappa shape index (κ1) is 12.9. The van der Waals surface area contributed by atoms with Crippen molar-refractivity contribution in [2.45, 2.75) is 32.7 Å². The van der Waals surface area contributed by atoms with Gasteiger partial charge in [-0.2, -0.15) is 0 Å². The van der Waals surface area contributed by atoms with E-state index in [9.17, 15) is 0 Å². The Morgan fingerprint density at radius 2 is 2.28 bits per heavy atom. The number of rotatable bonds is 5. The van der Waals surface area contributed by atoms with Crippen LogP contribution in [-0.2, 0) is 6.42 Å². The predicted octanol–water partition coefficient (Wildman–Crippen LogP) is 3.46. The van der Waals surface area contributed by atoms with Crippen molar-refractivity contribution < 1.29 is 4.42 Å². The molecule has 0 amide bonds. The van der Waals surface area contributed by atoms with Gasteiger partial charge in [0.15, 0.2) is 0 Å². The zero-order chi connectivity index (χ0) is 13.0. The molecule has 2 aromatic heterocycles. The van der Waals surface area contributed by atoms with Crippen LogP contribution in [0.25, 0.3) is 0 Å². The van der Waals surface area contributed by atoms with Gasteiger partial charge in [0.1, 0.15) is 11.6 Å². The summed E-state index contributed by atoms with van der Waals surface area (Å²) in [7, 11) is 0. The van der Waals surface area contributed by atoms with Gasteiger partial charge in [0.25, 0.3) is 0 Å². The molecule has 96 valence electrons. The molecule has 0 saturated carbocycles. The van der Waals surface area contributed by atoms with Gasteiger partial charge in [-0.15, -0.1) is 0 Å². The highest BCUT2D eigenvalue weighted by Crippen LogP contribution is 2.13. The van der Waals surface area contributed by atoms with Crippen LogP contribution < -0.4 is 5.32 Å². The van der Waals surface area contributed by atoms with Crippen molar-refractivity contribution in [3.63, 3.8) is 0 Å². The molecule has 5 heteroatoms. The first-order chi connectivity index (χ1) is 8.63. The molecule has 0 spiro atoms. The topological polar surface area (TPSA) is 51.0 Å². The largest absolute Gasteiger partial charge is 0.469 e. The van der Waals surface area contributed by atoms with Crippen LogP contribution in [0.2, 0.25) is 5.28 Å². The molecule has 0 aliphatic rings. The van der Waals surface area contributed by atoms with Gasteiger partial charge in [-0.1, -0.05) is 0 Å². The molecule has 0 aliphatic carbocycles. The van der Waals surface area contributed by atoms with E-state index in [-0.39, 0.29) is 5.28 Å². The number of aromatic nitrogens is 2. The Morgan fingerprint density at radius 3 is 2.94 bits per heavy atom. The van der Waals surface area contributed by atoms with Crippen LogP contribution in [-0.4, -0.2) is 16.0 Å². The summed E-state index contributed by atoms with van der Waals surface area (Å²) < 4.78 is 5.30. The van der Waals surface area contributed by atoms with Gasteiger partial charge in [0, 0.05) is 24.2 Å². The Hall–Kier alpha value is -1.55. The fourth-order valence-corrected chi connectivity index (χ4v) is 1.97. The minimum Gasteiger partial charge on any atom is -0.469 e. The second-order valence-electron chi connectivity index (χ2n) is 4.33. The number of nitrogens with one attached hydrogen (secondary N) is 1. The van der Waals surface area contributed by atoms with E-state index in [2.05, 4.69) is 22.2 Å². The van der Waals surface area contributed by atoms with E-state index in [0.717, 1.165) is 30.1 Å². The molecule has 1 atom stereocenters. The number of halogens is 1. The Kier molecular flexibility index (Phi) is 4.20. The SMILES string of the molecule is Cc1cc(NC(C)CCc2ccco2)nc(Cl)n1. The van der Waals surface area contributed by atoms with Crippen molar-refractivity contribution in [3.8, 4) is 0 Å². The fourth-order valence-electron chi connectivity index (χ4n) is 1.74. The molecule has 0 saturated heterocycles. The van der Waals surface area contributed by atoms with E-state index in [1.807, 2.05) is 25.1 Å². The summed E-state index contributed by atoms with van der Waals surface area (Å²) in [6.45, 7) is 4.00. The van der Waals surface area contributed by atoms with Crippen LogP contribution in [0.4, 0.5) is 5.82 Å². The minimum atomic E-state index is 0.274. The van der Waals surface area contributed by atoms with Crippen LogP contribution in [0.5, 0.6) is 0 Å². The van der Waals surface area contributed by atoms with Gasteiger partial charge in [-0.25, -0.2) is 9.97 Å². The van der Waals surface area contributed by atoms with Crippen LogP contribution >= 0.6 is 11.6 Å². The normalized spacial score (nSPS) is 12.4. The Morgan fingerprint density at radius 1 is 1.44 bits per heavy atom. The van der Waals surface area contributed by atoms with Crippen molar-refractivity contribution >= 4 is 17.4 Å². The van der Waals surface area contributed by atoms with E-state index in [4.69, 9.17) is 16.0 Å². The van der Waals surface area contributed by atoms with E-state index < -0.39 is 0 Å². The lowest BCUT2D eigenvalue weighted by Crippen LogP contribution is -2.17. The summed E-state index contributed by atoms with van der Waals surface area (Å²) in [5.41, 5.74) is 0.857. The van der Waals surface area contributed by atoms with Gasteiger partial charge in [0.2, 0.25) is 5.28 Å². The molecular formula is C13H16ClN3O. The van der Waals surface area contributed by atoms with Crippen molar-refractivity contribution in [1.29, 1.82) is 0 Å². The van der Waals surface area contributed by atoms with Crippen molar-refractivity contribution in [3.05, 3.63) is 41.2 Å². The van der Waals surface area contributed by atoms with Crippen molar-refractivity contribution in [1.82, 2.24) is 9.97 Å². The molecule has 0 aliphatic heterocycles. The first-order valence-corrected chi connectivity index (χ1v) is 6.31. The maximum absolute atomic E-state index is 5.81. The molecule has 2 aromatic rings. The third kappa shape index (κ3) is 3.74. The van der Waals surface area contributed by atoms with Crippen molar-refractivity contribution in [2.75, 3.05) is 5.32 Å². The van der Waals surface area contributed by atoms with E-state index in [0.29, 0.717) is 6.04 Å². The molecule has 0 fully saturated rings. The lowest BCUT2D eigenvalue weighted by molar-refractivity contribution is 0.495. The molecule has 1 N–H and O–H groups in total. The second kappa shape index (κ2) is 5.87. The van der Waals surface area contributed by atoms with Gasteiger partial charge in [0.05, 0.1) is 6.26 Å². The maximum Gasteiger partial charge on any atom is 0.224 e. The summed E-state index contributed by atoms with van der Waals surface area (Å²) >= 11 is 5.81. The number of aryl methyl sites for hydroxylation is 2. The molecule has 4 nitrogen and oxygen atoms in total. The number of anilines is 1. The molecule has 2 heterocycles. The third-order valence-electron chi connectivity index (χ3n) is 2.63. The average Bonchev–Trinajstić information content (AvgIpc) is 2.77. The summed E-state index contributed by atoms with van der Waals surface area (Å²) in [4.78, 5) is 8.17. The molecule has 0 aromatic carbocycles. The standard InChI is InChI=1S/C13H16ClN3O/c1-9(5-6-11-4-3-7-18-11)15-12-8-10(2)16-13(14)17-12/h3-4,7-9H,5-6H2,1-2H3,(H,15,16,17). The quantitative estimate of drug-likeness (QED) is 0.841. The van der Waals surface area contributed by atoms with Crippen LogP contribution in [0.3, 0.4) is 0 Å². The summed E-state index contributed by atoms with van der Waals surface area (Å²) in [6.07, 6.45) is 3.56. The highest BCUT2D eigenvalue weighted by atomic mass is 35.5. The summed E-state index contributed by atoms with van der Waals surface area (Å²) in [5, 5.41) is 3.58. The van der Waals surface area contributed by atoms with Crippen molar-refractivity contribution in [2.24, 2.45) is 0 Å². The molecule has 18 heavy (non-hydrogen) atoms. The fraction of sp³-hybridized carbons (Fsp3) is 0.385. The van der Waals surface area contributed by atoms with Gasteiger partial charge < -0.3 is 9.73 Å². The van der Waals surface area contributed by atoms with Gasteiger partial charge in [-0.05, 0) is 44.0 Å². The van der Waals surface area contributed by atoms with E-state index in [1.165, 1.54) is 0 Å². The first-order valence-electron chi connectivity index (χ1n) is 5.93. The zero-order valence-electron chi connectivity index (χ0n) is 10.5. The second-order valence-corrected chi connectivity index (χ2v) is 4.67. The number of hydrogen-bond donors (Lipinski definition) is 1. The molecule has 1 unspecified atom stereocenters. The molecule has 2 rings (SSSR count). The number of nitrogens with zero attached hydrogens (tertiary/aromatic N) is 2. The predicted molar refractivity (Wildman–Crippen MR) is 71.9 cm³/mol. The van der Waals surface area contributed by atoms with E-state index in [1.54, 1.807) is 6.26 Å². The van der Waals surface area contributed by atoms with E-state index >= 15 is 0 Å². The van der Waals surface area contributed by atoms with Crippen LogP contribution in [0.1, 0.15) is 24.8 Å². The van der Waals surface area contributed by atoms with Crippen LogP contribution in [0.15, 0.2) is 28.9 Å². The lowest BCUT2D eigenvalue weighted by atomic mass is 10.1. The van der Waals surface area contributed by atoms with Crippen LogP contribution in [0, 0.1) is 6.92 Å². The maximum atomic E-state index is 5.81. The Bertz CT molecular complexity index is 479. The number of hydrogen-bond acceptors (Lipinski definition) is 4. The highest BCUT2D eigenvalue weighted by molar-refractivity contribution is 6.28. The minimum absolute atomic E-state index is 0.274. The van der Waals surface area contributed by atoms with Gasteiger partial charge in [-0.3, -0.25) is 0 Å². The zero-order valence-corrected chi connectivity index (χ0v) is 11.2. The molecule has 0 radical (unpaired) electrons. The summed E-state index contributed by atoms with van der Waals surface area (Å²) in [6, 6.07) is 6.06. The Balaban J connectivity index is 1.88. The monoisotopic (exact) mass is 265 g/mol. The molecule has 0 bridgehead atoms.